The first-order valence-electron chi connectivity index (χ1n) is 24.2. The average molecular weight is 889 g/mol. The van der Waals surface area contributed by atoms with E-state index in [1.54, 1.807) is 0 Å². The van der Waals surface area contributed by atoms with Gasteiger partial charge in [0.15, 0.2) is 0 Å². The van der Waals surface area contributed by atoms with Gasteiger partial charge in [-0.1, -0.05) is 146 Å². The molecule has 4 nitrogen and oxygen atoms in total. The Kier molecular flexibility index (Phi) is 7.58. The van der Waals surface area contributed by atoms with E-state index in [1.165, 1.54) is 137 Å². The molecule has 4 heteroatoms. The maximum absolute atomic E-state index is 2.47. The van der Waals surface area contributed by atoms with Gasteiger partial charge in [-0.25, -0.2) is 0 Å². The van der Waals surface area contributed by atoms with Crippen molar-refractivity contribution in [2.75, 3.05) is 0 Å². The van der Waals surface area contributed by atoms with Crippen LogP contribution in [-0.4, -0.2) is 18.1 Å². The molecule has 16 rings (SSSR count). The molecule has 0 radical (unpaired) electrons. The zero-order valence-electron chi connectivity index (χ0n) is 37.9. The van der Waals surface area contributed by atoms with Gasteiger partial charge in [-0.05, 0) is 119 Å². The Hall–Kier alpha value is -9.38. The molecule has 0 unspecified atom stereocenters. The lowest BCUT2D eigenvalue weighted by Gasteiger charge is -2.11. The van der Waals surface area contributed by atoms with Gasteiger partial charge in [-0.15, -0.1) is 0 Å². The lowest BCUT2D eigenvalue weighted by Crippen LogP contribution is -1.94. The van der Waals surface area contributed by atoms with Crippen LogP contribution in [0.15, 0.2) is 243 Å². The molecule has 0 fully saturated rings. The van der Waals surface area contributed by atoms with E-state index in [9.17, 15) is 0 Å². The summed E-state index contributed by atoms with van der Waals surface area (Å²) < 4.78 is 9.74. The Balaban J connectivity index is 0.809. The second-order valence-corrected chi connectivity index (χ2v) is 18.9. The topological polar surface area (TPSA) is 19.2 Å². The molecule has 16 aromatic rings. The molecule has 0 spiro atoms. The molecule has 11 aromatic carbocycles. The van der Waals surface area contributed by atoms with Gasteiger partial charge in [0, 0.05) is 70.9 Å². The Morgan fingerprint density at radius 1 is 0.186 bits per heavy atom. The van der Waals surface area contributed by atoms with Gasteiger partial charge in [0.25, 0.3) is 0 Å². The summed E-state index contributed by atoms with van der Waals surface area (Å²) in [4.78, 5) is 0. The summed E-state index contributed by atoms with van der Waals surface area (Å²) >= 11 is 0. The van der Waals surface area contributed by atoms with Crippen LogP contribution in [0.3, 0.4) is 0 Å². The van der Waals surface area contributed by atoms with Gasteiger partial charge in [-0.3, -0.25) is 0 Å². The Morgan fingerprint density at radius 3 is 1.09 bits per heavy atom. The molecule has 70 heavy (non-hydrogen) atoms. The Morgan fingerprint density at radius 2 is 0.543 bits per heavy atom. The van der Waals surface area contributed by atoms with Crippen LogP contribution in [0.5, 0.6) is 0 Å². The molecule has 0 bridgehead atoms. The number of hydrogen-bond acceptors (Lipinski definition) is 0. The lowest BCUT2D eigenvalue weighted by atomic mass is 10.0. The number of aromatic nitrogens is 4. The molecule has 0 saturated heterocycles. The summed E-state index contributed by atoms with van der Waals surface area (Å²) in [5.74, 6) is 0. The average Bonchev–Trinajstić information content (AvgIpc) is 4.22. The van der Waals surface area contributed by atoms with Gasteiger partial charge in [-0.2, -0.15) is 0 Å². The summed E-state index contributed by atoms with van der Waals surface area (Å²) in [7, 11) is 0. The Bertz CT molecular complexity index is 4730. The molecule has 324 valence electrons. The van der Waals surface area contributed by atoms with E-state index in [0.29, 0.717) is 0 Å². The summed E-state index contributed by atoms with van der Waals surface area (Å²) in [5.41, 5.74) is 19.3. The molecule has 0 atom stereocenters. The fourth-order valence-electron chi connectivity index (χ4n) is 12.2. The summed E-state index contributed by atoms with van der Waals surface area (Å²) in [6.07, 6.45) is 0. The highest BCUT2D eigenvalue weighted by atomic mass is 15.0. The number of rotatable bonds is 5. The van der Waals surface area contributed by atoms with Crippen LogP contribution in [-0.2, 0) is 0 Å². The quantitative estimate of drug-likeness (QED) is 0.164. The third kappa shape index (κ3) is 5.14. The minimum Gasteiger partial charge on any atom is -0.309 e. The molecule has 5 heterocycles. The van der Waals surface area contributed by atoms with Crippen LogP contribution in [0, 0.1) is 0 Å². The van der Waals surface area contributed by atoms with Gasteiger partial charge < -0.3 is 18.1 Å². The molecular weight excluding hydrogens is 849 g/mol. The number of para-hydroxylation sites is 6. The largest absolute Gasteiger partial charge is 0.309 e. The second-order valence-electron chi connectivity index (χ2n) is 18.9. The lowest BCUT2D eigenvalue weighted by molar-refractivity contribution is 1.18. The molecule has 0 aliphatic heterocycles. The number of benzene rings is 11. The van der Waals surface area contributed by atoms with Crippen LogP contribution in [0.2, 0.25) is 0 Å². The van der Waals surface area contributed by atoms with Crippen molar-refractivity contribution in [1.82, 2.24) is 18.1 Å². The molecule has 0 amide bonds. The predicted octanol–water partition coefficient (Wildman–Crippen LogP) is 17.5. The summed E-state index contributed by atoms with van der Waals surface area (Å²) in [6, 6.07) is 89.7. The molecule has 0 saturated carbocycles. The minimum atomic E-state index is 1.14. The van der Waals surface area contributed by atoms with E-state index < -0.39 is 0 Å². The predicted molar refractivity (Wildman–Crippen MR) is 295 cm³/mol. The first-order chi connectivity index (χ1) is 34.7. The van der Waals surface area contributed by atoms with Crippen LogP contribution in [0.1, 0.15) is 0 Å². The zero-order chi connectivity index (χ0) is 45.6. The van der Waals surface area contributed by atoms with Crippen LogP contribution < -0.4 is 0 Å². The van der Waals surface area contributed by atoms with Crippen LogP contribution >= 0.6 is 0 Å². The smallest absolute Gasteiger partial charge is 0.0622 e. The molecule has 5 aromatic heterocycles. The van der Waals surface area contributed by atoms with Crippen molar-refractivity contribution < 1.29 is 0 Å². The van der Waals surface area contributed by atoms with E-state index >= 15 is 0 Å². The van der Waals surface area contributed by atoms with E-state index in [-0.39, 0.29) is 0 Å². The Labute approximate surface area is 401 Å². The molecule has 0 aliphatic carbocycles. The SMILES string of the molecule is c1ccc(-n2c3ccccc3c3ccc(-c4ccc(-n5c6ccccc6c6cc(-c7ccc8c(c7)c7ccccc7n8-c7cc8c9ccccc9n9c%10ccccc%10c(c7)c89)ccc65)cc4)cc32)cc1. The maximum atomic E-state index is 2.47. The molecular formula is C66H40N4. The molecule has 0 aliphatic rings. The van der Waals surface area contributed by atoms with Crippen molar-refractivity contribution in [3.05, 3.63) is 243 Å². The fraction of sp³-hybridized carbons (Fsp3) is 0. The number of fused-ring (bicyclic) bond motifs is 15. The van der Waals surface area contributed by atoms with Crippen molar-refractivity contribution in [1.29, 1.82) is 0 Å². The number of hydrogen-bond donors (Lipinski definition) is 0. The van der Waals surface area contributed by atoms with Crippen molar-refractivity contribution in [3.63, 3.8) is 0 Å². The summed E-state index contributed by atoms with van der Waals surface area (Å²) in [5, 5.41) is 12.6. The van der Waals surface area contributed by atoms with Gasteiger partial charge >= 0.3 is 0 Å². The van der Waals surface area contributed by atoms with Crippen molar-refractivity contribution in [2.45, 2.75) is 0 Å². The van der Waals surface area contributed by atoms with Crippen LogP contribution in [0.25, 0.3) is 143 Å². The maximum Gasteiger partial charge on any atom is 0.0622 e. The van der Waals surface area contributed by atoms with Crippen molar-refractivity contribution >= 4 is 104 Å². The number of nitrogens with zero attached hydrogens (tertiary/aromatic N) is 4. The normalized spacial score (nSPS) is 12.3. The zero-order valence-corrected chi connectivity index (χ0v) is 37.9. The highest BCUT2D eigenvalue weighted by molar-refractivity contribution is 6.24. The van der Waals surface area contributed by atoms with Crippen molar-refractivity contribution in [3.8, 4) is 39.3 Å². The monoisotopic (exact) mass is 888 g/mol. The van der Waals surface area contributed by atoms with E-state index in [0.717, 1.165) is 5.69 Å². The fourth-order valence-corrected chi connectivity index (χ4v) is 12.2. The minimum absolute atomic E-state index is 1.14. The standard InChI is InChI=1S/C66H40N4/c1-2-14-45(15-3-1)68-58-21-9-4-16-48(58)53-33-28-44(38-65(53)68)41-26-31-46(32-27-41)67-59-22-10-5-17-49(59)54-36-42(29-34-63(54)67)43-30-35-64-55(37-43)50-18-6-11-23-60(50)69(64)47-39-56-51-19-7-12-24-61(51)70-62-25-13-8-20-52(62)57(40-47)66(56)70/h1-40H. The third-order valence-corrected chi connectivity index (χ3v) is 15.3. The highest BCUT2D eigenvalue weighted by Gasteiger charge is 2.22. The van der Waals surface area contributed by atoms with Gasteiger partial charge in [0.2, 0.25) is 0 Å². The molecule has 0 N–H and O–H groups in total. The van der Waals surface area contributed by atoms with Gasteiger partial charge in [0.05, 0.1) is 49.7 Å². The van der Waals surface area contributed by atoms with E-state index in [4.69, 9.17) is 0 Å². The second kappa shape index (κ2) is 14.1. The van der Waals surface area contributed by atoms with E-state index in [1.807, 2.05) is 0 Å². The van der Waals surface area contributed by atoms with Gasteiger partial charge in [0.1, 0.15) is 0 Å². The van der Waals surface area contributed by atoms with Crippen molar-refractivity contribution in [2.24, 2.45) is 0 Å². The van der Waals surface area contributed by atoms with Crippen LogP contribution in [0.4, 0.5) is 0 Å². The van der Waals surface area contributed by atoms with E-state index in [2.05, 4.69) is 261 Å². The highest BCUT2D eigenvalue weighted by Crippen LogP contribution is 2.44. The third-order valence-electron chi connectivity index (χ3n) is 15.3. The summed E-state index contributed by atoms with van der Waals surface area (Å²) in [6.45, 7) is 0. The first-order valence-corrected chi connectivity index (χ1v) is 24.2. The first kappa shape index (κ1) is 37.7.